The van der Waals surface area contributed by atoms with Crippen molar-refractivity contribution in [3.63, 3.8) is 0 Å². The number of rotatable bonds is 4. The van der Waals surface area contributed by atoms with Crippen LogP contribution in [0.5, 0.6) is 0 Å². The molecule has 0 heterocycles. The molecule has 0 aliphatic carbocycles. The normalized spacial score (nSPS) is 12.2. The molecule has 0 unspecified atom stereocenters. The molecular weight excluding hydrogens is 258 g/mol. The fourth-order valence-corrected chi connectivity index (χ4v) is 1.36. The van der Waals surface area contributed by atoms with Crippen LogP contribution in [0.4, 0.5) is 0 Å². The van der Waals surface area contributed by atoms with Crippen molar-refractivity contribution in [2.24, 2.45) is 5.73 Å². The summed E-state index contributed by atoms with van der Waals surface area (Å²) in [6.07, 6.45) is 0.382. The molecule has 0 bridgehead atoms. The molecule has 0 fully saturated rings. The van der Waals surface area contributed by atoms with Crippen LogP contribution in [-0.4, -0.2) is 12.6 Å². The van der Waals surface area contributed by atoms with E-state index in [9.17, 15) is 4.79 Å². The van der Waals surface area contributed by atoms with E-state index in [1.54, 1.807) is 6.92 Å². The van der Waals surface area contributed by atoms with Gasteiger partial charge in [0.1, 0.15) is 6.61 Å². The number of esters is 1. The van der Waals surface area contributed by atoms with Gasteiger partial charge in [0.2, 0.25) is 0 Å². The Hall–Kier alpha value is -0.870. The van der Waals surface area contributed by atoms with Crippen molar-refractivity contribution in [3.8, 4) is 0 Å². The Morgan fingerprint density at radius 1 is 1.47 bits per heavy atom. The van der Waals surface area contributed by atoms with Gasteiger partial charge in [0.05, 0.1) is 6.04 Å². The van der Waals surface area contributed by atoms with Crippen molar-refractivity contribution in [2.45, 2.75) is 19.4 Å². The van der Waals surface area contributed by atoms with E-state index in [4.69, 9.17) is 10.5 Å². The van der Waals surface area contributed by atoms with Crippen LogP contribution in [-0.2, 0) is 9.53 Å². The molecule has 0 spiro atoms. The predicted molar refractivity (Wildman–Crippen MR) is 62.3 cm³/mol. The minimum atomic E-state index is -0.256. The molecule has 0 aliphatic heterocycles. The Morgan fingerprint density at radius 3 is 2.60 bits per heavy atom. The molecule has 2 N–H and O–H groups in total. The number of hydrogen-bond donors (Lipinski definition) is 1. The summed E-state index contributed by atoms with van der Waals surface area (Å²) in [4.78, 5) is 10.9. The van der Waals surface area contributed by atoms with Gasteiger partial charge >= 0.3 is 5.97 Å². The van der Waals surface area contributed by atoms with Crippen LogP contribution in [0.3, 0.4) is 0 Å². The second-order valence-corrected chi connectivity index (χ2v) is 4.11. The molecule has 3 nitrogen and oxygen atoms in total. The third-order valence-corrected chi connectivity index (χ3v) is 2.54. The Kier molecular flexibility index (Phi) is 4.78. The zero-order valence-corrected chi connectivity index (χ0v) is 10.2. The molecule has 1 rings (SSSR count). The van der Waals surface area contributed by atoms with E-state index < -0.39 is 0 Å². The molecule has 0 radical (unpaired) electrons. The van der Waals surface area contributed by atoms with Gasteiger partial charge in [0.25, 0.3) is 0 Å². The van der Waals surface area contributed by atoms with Gasteiger partial charge in [-0.05, 0) is 17.7 Å². The number of carbonyl (C=O) groups is 1. The van der Waals surface area contributed by atoms with Crippen LogP contribution < -0.4 is 5.73 Å². The summed E-state index contributed by atoms with van der Waals surface area (Å²) in [6.45, 7) is 1.99. The van der Waals surface area contributed by atoms with Crippen molar-refractivity contribution in [3.05, 3.63) is 34.3 Å². The number of ether oxygens (including phenoxy) is 1. The average Bonchev–Trinajstić information content (AvgIpc) is 2.26. The maximum absolute atomic E-state index is 10.9. The summed E-state index contributed by atoms with van der Waals surface area (Å²) >= 11 is 3.34. The lowest BCUT2D eigenvalue weighted by atomic mass is 10.1. The number of nitrogens with two attached hydrogens (primary N) is 1. The van der Waals surface area contributed by atoms with Crippen LogP contribution in [0.25, 0.3) is 0 Å². The van der Waals surface area contributed by atoms with Crippen LogP contribution in [0.15, 0.2) is 28.7 Å². The molecule has 0 saturated heterocycles. The van der Waals surface area contributed by atoms with Gasteiger partial charge in [0.15, 0.2) is 0 Å². The molecule has 4 heteroatoms. The second kappa shape index (κ2) is 5.88. The van der Waals surface area contributed by atoms with E-state index >= 15 is 0 Å². The van der Waals surface area contributed by atoms with Crippen molar-refractivity contribution in [1.82, 2.24) is 0 Å². The lowest BCUT2D eigenvalue weighted by Crippen LogP contribution is -2.19. The van der Waals surface area contributed by atoms with Gasteiger partial charge < -0.3 is 10.5 Å². The van der Waals surface area contributed by atoms with Crippen LogP contribution in [0.1, 0.15) is 24.9 Å². The molecule has 0 amide bonds. The Morgan fingerprint density at radius 2 is 2.07 bits per heavy atom. The minimum Gasteiger partial charge on any atom is -0.464 e. The van der Waals surface area contributed by atoms with E-state index in [1.807, 2.05) is 24.3 Å². The SMILES string of the molecule is CCC(=O)OC[C@@H](N)c1ccc(Br)cc1. The smallest absolute Gasteiger partial charge is 0.305 e. The van der Waals surface area contributed by atoms with Gasteiger partial charge in [-0.15, -0.1) is 0 Å². The van der Waals surface area contributed by atoms with Gasteiger partial charge in [0, 0.05) is 10.9 Å². The Balaban J connectivity index is 2.50. The third-order valence-electron chi connectivity index (χ3n) is 2.01. The summed E-state index contributed by atoms with van der Waals surface area (Å²) in [7, 11) is 0. The quantitative estimate of drug-likeness (QED) is 0.856. The summed E-state index contributed by atoms with van der Waals surface area (Å²) in [5.74, 6) is -0.220. The Labute approximate surface area is 97.7 Å². The van der Waals surface area contributed by atoms with Crippen LogP contribution in [0.2, 0.25) is 0 Å². The van der Waals surface area contributed by atoms with Crippen LogP contribution in [0, 0.1) is 0 Å². The molecule has 0 aromatic heterocycles. The van der Waals surface area contributed by atoms with E-state index in [1.165, 1.54) is 0 Å². The first kappa shape index (κ1) is 12.2. The topological polar surface area (TPSA) is 52.3 Å². The summed E-state index contributed by atoms with van der Waals surface area (Å²) in [5.41, 5.74) is 6.82. The van der Waals surface area contributed by atoms with Crippen molar-refractivity contribution in [1.29, 1.82) is 0 Å². The molecule has 15 heavy (non-hydrogen) atoms. The summed E-state index contributed by atoms with van der Waals surface area (Å²) in [5, 5.41) is 0. The van der Waals surface area contributed by atoms with Crippen LogP contribution >= 0.6 is 15.9 Å². The fraction of sp³-hybridized carbons (Fsp3) is 0.364. The maximum atomic E-state index is 10.9. The van der Waals surface area contributed by atoms with Crippen molar-refractivity contribution >= 4 is 21.9 Å². The van der Waals surface area contributed by atoms with E-state index in [0.717, 1.165) is 10.0 Å². The molecule has 1 atom stereocenters. The monoisotopic (exact) mass is 271 g/mol. The zero-order valence-electron chi connectivity index (χ0n) is 8.57. The molecule has 82 valence electrons. The number of hydrogen-bond acceptors (Lipinski definition) is 3. The second-order valence-electron chi connectivity index (χ2n) is 3.19. The molecule has 0 saturated carbocycles. The lowest BCUT2D eigenvalue weighted by Gasteiger charge is -2.12. The largest absolute Gasteiger partial charge is 0.464 e. The number of benzene rings is 1. The first-order valence-corrected chi connectivity index (χ1v) is 5.59. The van der Waals surface area contributed by atoms with Crippen molar-refractivity contribution in [2.75, 3.05) is 6.61 Å². The van der Waals surface area contributed by atoms with E-state index in [2.05, 4.69) is 15.9 Å². The van der Waals surface area contributed by atoms with Crippen molar-refractivity contribution < 1.29 is 9.53 Å². The molecule has 1 aromatic rings. The minimum absolute atomic E-state index is 0.220. The molecule has 1 aromatic carbocycles. The predicted octanol–water partition coefficient (Wildman–Crippen LogP) is 2.40. The molecule has 0 aliphatic rings. The summed E-state index contributed by atoms with van der Waals surface area (Å²) < 4.78 is 5.97. The highest BCUT2D eigenvalue weighted by molar-refractivity contribution is 9.10. The Bertz CT molecular complexity index is 324. The first-order valence-electron chi connectivity index (χ1n) is 4.80. The van der Waals surface area contributed by atoms with Gasteiger partial charge in [-0.3, -0.25) is 4.79 Å². The van der Waals surface area contributed by atoms with E-state index in [0.29, 0.717) is 6.42 Å². The average molecular weight is 272 g/mol. The fourth-order valence-electron chi connectivity index (χ4n) is 1.09. The lowest BCUT2D eigenvalue weighted by molar-refractivity contribution is -0.143. The third kappa shape index (κ3) is 4.01. The van der Waals surface area contributed by atoms with Gasteiger partial charge in [-0.2, -0.15) is 0 Å². The highest BCUT2D eigenvalue weighted by Gasteiger charge is 2.08. The summed E-state index contributed by atoms with van der Waals surface area (Å²) in [6, 6.07) is 7.39. The highest BCUT2D eigenvalue weighted by Crippen LogP contribution is 2.15. The van der Waals surface area contributed by atoms with Gasteiger partial charge in [-0.1, -0.05) is 35.0 Å². The first-order chi connectivity index (χ1) is 7.13. The standard InChI is InChI=1S/C11H14BrNO2/c1-2-11(14)15-7-10(13)8-3-5-9(12)6-4-8/h3-6,10H,2,7,13H2,1H3/t10-/m1/s1. The van der Waals surface area contributed by atoms with E-state index in [-0.39, 0.29) is 18.6 Å². The number of carbonyl (C=O) groups excluding carboxylic acids is 1. The maximum Gasteiger partial charge on any atom is 0.305 e. The number of halogens is 1. The molecular formula is C11H14BrNO2. The highest BCUT2D eigenvalue weighted by atomic mass is 79.9. The zero-order chi connectivity index (χ0) is 11.3. The van der Waals surface area contributed by atoms with Gasteiger partial charge in [-0.25, -0.2) is 0 Å².